The third-order valence-electron chi connectivity index (χ3n) is 16.7. The molecule has 0 amide bonds. The number of esters is 1. The van der Waals surface area contributed by atoms with E-state index in [1.165, 1.54) is 13.1 Å². The summed E-state index contributed by atoms with van der Waals surface area (Å²) in [6.07, 6.45) is -4.55. The van der Waals surface area contributed by atoms with Gasteiger partial charge < -0.3 is 82.5 Å². The average Bonchev–Trinajstić information content (AvgIpc) is 3.47. The van der Waals surface area contributed by atoms with E-state index < -0.39 is 107 Å². The molecule has 0 saturated carbocycles. The summed E-state index contributed by atoms with van der Waals surface area (Å²) >= 11 is 0. The number of nitrogens with zero attached hydrogens (tertiary/aromatic N) is 3. The lowest BCUT2D eigenvalue weighted by molar-refractivity contribution is -0.321. The Morgan fingerprint density at radius 2 is 1.55 bits per heavy atom. The van der Waals surface area contributed by atoms with Crippen molar-refractivity contribution in [2.75, 3.05) is 67.8 Å². The number of carboxylic acids is 1. The maximum Gasteiger partial charge on any atom is 0.341 e. The number of methoxy groups -OCH3 is 1. The van der Waals surface area contributed by atoms with E-state index in [9.17, 15) is 39.9 Å². The van der Waals surface area contributed by atoms with Gasteiger partial charge in [-0.05, 0) is 139 Å². The van der Waals surface area contributed by atoms with Crippen LogP contribution in [0.1, 0.15) is 131 Å². The largest absolute Gasteiger partial charge is 0.477 e. The molecule has 20 heteroatoms. The predicted octanol–water partition coefficient (Wildman–Crippen LogP) is 5.01. The molecule has 0 aliphatic carbocycles. The fourth-order valence-corrected chi connectivity index (χ4v) is 12.1. The Hall–Kier alpha value is -3.19. The van der Waals surface area contributed by atoms with E-state index in [-0.39, 0.29) is 42.9 Å². The molecule has 0 spiro atoms. The molecule has 3 aliphatic heterocycles. The molecule has 4 heterocycles. The number of carbonyl (C=O) groups is 2. The summed E-state index contributed by atoms with van der Waals surface area (Å²) < 4.78 is 59.0. The molecule has 5 N–H and O–H groups in total. The third kappa shape index (κ3) is 16.1. The van der Waals surface area contributed by atoms with Crippen LogP contribution in [0.3, 0.4) is 0 Å². The Balaban J connectivity index is 1.24. The summed E-state index contributed by atoms with van der Waals surface area (Å²) in [5.74, 6) is -3.93. The molecule has 3 fully saturated rings. The molecule has 78 heavy (non-hydrogen) atoms. The smallest absolute Gasteiger partial charge is 0.341 e. The van der Waals surface area contributed by atoms with Crippen LogP contribution in [-0.4, -0.2) is 210 Å². The lowest BCUT2D eigenvalue weighted by atomic mass is 9.77. The summed E-state index contributed by atoms with van der Waals surface area (Å²) in [5.41, 5.74) is -3.46. The zero-order valence-electron chi connectivity index (χ0n) is 49.3. The Morgan fingerprint density at radius 3 is 2.17 bits per heavy atom. The highest BCUT2D eigenvalue weighted by Crippen LogP contribution is 2.41. The number of carbonyl (C=O) groups excluding carboxylic acids is 1. The fourth-order valence-electron chi connectivity index (χ4n) is 12.1. The zero-order chi connectivity index (χ0) is 58.0. The van der Waals surface area contributed by atoms with Gasteiger partial charge in [-0.1, -0.05) is 26.8 Å². The molecule has 0 unspecified atom stereocenters. The number of aryl methyl sites for hydroxylation is 2. The molecule has 0 radical (unpaired) electrons. The van der Waals surface area contributed by atoms with Crippen LogP contribution in [0.2, 0.25) is 0 Å². The molecule has 1 aromatic heterocycles. The van der Waals surface area contributed by atoms with Crippen LogP contribution in [0.15, 0.2) is 29.2 Å². The van der Waals surface area contributed by atoms with Crippen LogP contribution in [0, 0.1) is 17.8 Å². The van der Waals surface area contributed by atoms with E-state index in [4.69, 9.17) is 42.6 Å². The SMILES string of the molecule is CC[C@H]1OC(=O)[C@H](C)[C@@H](O[C@H]2C[C@@](C)(OC)[C@@H](OCCCOCCOCCCc3ccc4c(c3)c(=O)c(C(=O)O)cn4CC)[C@H](C)O2)[C@H](C)[C@@H](O[C@@H]2O[C@H](C)C[C@H](N(C)C)[C@H]2O)[C@](C)(O)C[C@@H](C)CN(C)[C@H](C)[C@@H](O)[C@]1(C)O. The highest BCUT2D eigenvalue weighted by atomic mass is 16.7. The van der Waals surface area contributed by atoms with Crippen molar-refractivity contribution in [3.8, 4) is 0 Å². The van der Waals surface area contributed by atoms with Gasteiger partial charge in [0, 0.05) is 76.0 Å². The van der Waals surface area contributed by atoms with Crippen LogP contribution in [-0.2, 0) is 60.4 Å². The fraction of sp³-hybridized carbons (Fsp3) is 0.810. The molecular weight excluding hydrogens is 1010 g/mol. The Bertz CT molecular complexity index is 2280. The van der Waals surface area contributed by atoms with Gasteiger partial charge in [-0.3, -0.25) is 9.59 Å². The predicted molar refractivity (Wildman–Crippen MR) is 293 cm³/mol. The quantitative estimate of drug-likeness (QED) is 0.0814. The summed E-state index contributed by atoms with van der Waals surface area (Å²) in [5, 5.41) is 58.1. The maximum absolute atomic E-state index is 14.6. The number of aromatic carboxylic acids is 1. The summed E-state index contributed by atoms with van der Waals surface area (Å²) in [6.45, 7) is 22.9. The molecule has 3 saturated heterocycles. The van der Waals surface area contributed by atoms with Crippen LogP contribution < -0.4 is 5.43 Å². The summed E-state index contributed by atoms with van der Waals surface area (Å²) in [4.78, 5) is 43.0. The topological polar surface area (TPSA) is 247 Å². The number of hydrogen-bond donors (Lipinski definition) is 5. The number of pyridine rings is 1. The van der Waals surface area contributed by atoms with E-state index >= 15 is 0 Å². The van der Waals surface area contributed by atoms with E-state index in [1.54, 1.807) is 45.4 Å². The average molecular weight is 1110 g/mol. The lowest BCUT2D eigenvalue weighted by Gasteiger charge is -2.49. The van der Waals surface area contributed by atoms with Crippen LogP contribution in [0.5, 0.6) is 0 Å². The van der Waals surface area contributed by atoms with Crippen molar-refractivity contribution in [3.63, 3.8) is 0 Å². The summed E-state index contributed by atoms with van der Waals surface area (Å²) in [7, 11) is 7.22. The minimum atomic E-state index is -1.83. The van der Waals surface area contributed by atoms with Gasteiger partial charge in [0.1, 0.15) is 35.6 Å². The van der Waals surface area contributed by atoms with E-state index in [1.807, 2.05) is 84.6 Å². The number of aromatic nitrogens is 1. The number of ether oxygens (including phenoxy) is 9. The van der Waals surface area contributed by atoms with Crippen molar-refractivity contribution in [1.29, 1.82) is 0 Å². The second-order valence-electron chi connectivity index (χ2n) is 23.5. The standard InChI is InChI=1S/C58H97N3O17/c1-16-45-58(11,69)50(64)38(7)60(14)32-34(3)30-56(9,68)51(78-55-48(63)44(59(12)13)28-35(4)74-55)36(5)49(37(6)54(67)76-45)77-46-31-57(10,70-15)52(39(8)75-46)73-25-19-24-72-27-26-71-23-18-20-40-21-22-43-41(29-40)47(62)42(53(65)66)33-61(43)17-2/h21-22,29,33-39,44-46,48-52,55,63-64,68-69H,16-20,23-28,30-32H2,1-15H3,(H,65,66)/t34-,35-,36+,37-,38-,39+,44+,45-,46+,48-,49+,50-,51-,52+,55+,56-,57-,58-/m1/s1. The number of hydrogen-bond acceptors (Lipinski definition) is 18. The van der Waals surface area contributed by atoms with Gasteiger partial charge in [-0.2, -0.15) is 0 Å². The van der Waals surface area contributed by atoms with Crippen molar-refractivity contribution in [2.45, 2.75) is 218 Å². The van der Waals surface area contributed by atoms with Crippen LogP contribution in [0.4, 0.5) is 0 Å². The number of rotatable bonds is 21. The second-order valence-corrected chi connectivity index (χ2v) is 23.5. The van der Waals surface area contributed by atoms with Gasteiger partial charge in [0.25, 0.3) is 0 Å². The number of fused-ring (bicyclic) bond motifs is 1. The van der Waals surface area contributed by atoms with Gasteiger partial charge in [0.15, 0.2) is 12.6 Å². The number of likely N-dealkylation sites (N-methyl/N-ethyl adjacent to an activating group) is 2. The molecule has 0 bridgehead atoms. The Morgan fingerprint density at radius 1 is 0.885 bits per heavy atom. The molecule has 446 valence electrons. The number of aliphatic hydroxyl groups is 4. The van der Waals surface area contributed by atoms with E-state index in [0.717, 1.165) is 5.56 Å². The van der Waals surface area contributed by atoms with Crippen LogP contribution >= 0.6 is 0 Å². The highest BCUT2D eigenvalue weighted by Gasteiger charge is 2.53. The normalized spacial score (nSPS) is 37.0. The molecule has 3 aliphatic rings. The van der Waals surface area contributed by atoms with Gasteiger partial charge in [0.05, 0.1) is 60.3 Å². The van der Waals surface area contributed by atoms with Crippen molar-refractivity contribution >= 4 is 22.8 Å². The third-order valence-corrected chi connectivity index (χ3v) is 16.7. The number of carboxylic acid groups (broad SMARTS) is 1. The molecule has 18 atom stereocenters. The first-order valence-electron chi connectivity index (χ1n) is 28.3. The summed E-state index contributed by atoms with van der Waals surface area (Å²) in [6, 6.07) is 4.73. The van der Waals surface area contributed by atoms with Gasteiger partial charge in [-0.25, -0.2) is 4.79 Å². The molecule has 5 rings (SSSR count). The molecule has 2 aromatic rings. The van der Waals surface area contributed by atoms with Crippen molar-refractivity contribution < 1.29 is 77.8 Å². The molecule has 1 aromatic carbocycles. The Kier molecular flexibility index (Phi) is 24.1. The highest BCUT2D eigenvalue weighted by molar-refractivity contribution is 5.92. The van der Waals surface area contributed by atoms with E-state index in [2.05, 4.69) is 0 Å². The zero-order valence-corrected chi connectivity index (χ0v) is 49.3. The second kappa shape index (κ2) is 28.7. The first-order valence-corrected chi connectivity index (χ1v) is 28.3. The molecule has 20 nitrogen and oxygen atoms in total. The van der Waals surface area contributed by atoms with Gasteiger partial charge in [0.2, 0.25) is 5.43 Å². The maximum atomic E-state index is 14.6. The number of cyclic esters (lactones) is 1. The van der Waals surface area contributed by atoms with Crippen molar-refractivity contribution in [1.82, 2.24) is 14.4 Å². The Labute approximate surface area is 462 Å². The van der Waals surface area contributed by atoms with Crippen molar-refractivity contribution in [3.05, 3.63) is 45.7 Å². The minimum absolute atomic E-state index is 0.173. The monoisotopic (exact) mass is 1110 g/mol. The number of aliphatic hydroxyl groups excluding tert-OH is 2. The lowest BCUT2D eigenvalue weighted by Crippen LogP contribution is -2.61. The molecular formula is C58H97N3O17. The van der Waals surface area contributed by atoms with Gasteiger partial charge >= 0.3 is 11.9 Å². The van der Waals surface area contributed by atoms with Gasteiger partial charge in [-0.15, -0.1) is 0 Å². The van der Waals surface area contributed by atoms with E-state index in [0.29, 0.717) is 82.7 Å². The first kappa shape index (κ1) is 65.6. The van der Waals surface area contributed by atoms with Crippen LogP contribution in [0.25, 0.3) is 10.9 Å². The number of benzene rings is 1. The minimum Gasteiger partial charge on any atom is -0.477 e. The van der Waals surface area contributed by atoms with Crippen molar-refractivity contribution in [2.24, 2.45) is 17.8 Å². The first-order chi connectivity index (χ1) is 36.6.